The van der Waals surface area contributed by atoms with Gasteiger partial charge in [0.15, 0.2) is 0 Å². The largest absolute Gasteiger partial charge is 0.387 e. The Labute approximate surface area is 218 Å². The van der Waals surface area contributed by atoms with E-state index >= 15 is 0 Å². The highest BCUT2D eigenvalue weighted by atomic mass is 32.2. The minimum Gasteiger partial charge on any atom is -0.387 e. The molecule has 1 aliphatic rings. The molecule has 1 aliphatic heterocycles. The maximum atomic E-state index is 12.0. The Kier molecular flexibility index (Phi) is 9.97. The van der Waals surface area contributed by atoms with Crippen molar-refractivity contribution in [2.45, 2.75) is 81.8 Å². The maximum Gasteiger partial charge on any atom is 0.220 e. The van der Waals surface area contributed by atoms with Gasteiger partial charge in [0.2, 0.25) is 5.91 Å². The summed E-state index contributed by atoms with van der Waals surface area (Å²) in [6.45, 7) is 6.28. The van der Waals surface area contributed by atoms with Crippen LogP contribution in [0.1, 0.15) is 60.6 Å². The highest BCUT2D eigenvalue weighted by Crippen LogP contribution is 2.36. The Balaban J connectivity index is 1.60. The molecule has 1 heterocycles. The predicted octanol–water partition coefficient (Wildman–Crippen LogP) is 2.61. The van der Waals surface area contributed by atoms with Crippen molar-refractivity contribution in [3.8, 4) is 0 Å². The molecule has 3 rings (SSSR count). The van der Waals surface area contributed by atoms with Gasteiger partial charge >= 0.3 is 0 Å². The van der Waals surface area contributed by atoms with Gasteiger partial charge in [-0.3, -0.25) is 4.79 Å². The number of aryl methyl sites for hydroxylation is 2. The van der Waals surface area contributed by atoms with Crippen LogP contribution in [0.2, 0.25) is 0 Å². The van der Waals surface area contributed by atoms with E-state index in [4.69, 9.17) is 10.5 Å². The van der Waals surface area contributed by atoms with Gasteiger partial charge in [-0.05, 0) is 74.1 Å². The van der Waals surface area contributed by atoms with Crippen LogP contribution in [0.4, 0.5) is 0 Å². The van der Waals surface area contributed by atoms with Crippen molar-refractivity contribution in [3.05, 3.63) is 70.3 Å². The number of amides is 1. The average Bonchev–Trinajstić information content (AvgIpc) is 2.84. The van der Waals surface area contributed by atoms with Crippen molar-refractivity contribution in [1.82, 2.24) is 5.32 Å². The number of hydrogen-bond donors (Lipinski definition) is 5. The molecule has 0 aromatic heterocycles. The number of ether oxygens (including phenoxy) is 1. The minimum absolute atomic E-state index is 0.0263. The summed E-state index contributed by atoms with van der Waals surface area (Å²) in [6.07, 6.45) is 0.280. The lowest BCUT2D eigenvalue weighted by Gasteiger charge is -2.40. The number of hydrogen-bond acceptors (Lipinski definition) is 7. The Bertz CT molecular complexity index is 1010. The fraction of sp³-hybridized carbons (Fsp3) is 0.536. The van der Waals surface area contributed by atoms with Gasteiger partial charge in [0.25, 0.3) is 0 Å². The maximum absolute atomic E-state index is 12.0. The third-order valence-electron chi connectivity index (χ3n) is 6.53. The van der Waals surface area contributed by atoms with E-state index in [2.05, 4.69) is 29.6 Å². The van der Waals surface area contributed by atoms with Gasteiger partial charge in [0.05, 0.1) is 0 Å². The summed E-state index contributed by atoms with van der Waals surface area (Å²) in [7, 11) is 0. The van der Waals surface area contributed by atoms with Gasteiger partial charge < -0.3 is 31.1 Å². The highest BCUT2D eigenvalue weighted by molar-refractivity contribution is 7.99. The molecule has 0 unspecified atom stereocenters. The van der Waals surface area contributed by atoms with Crippen LogP contribution in [0.15, 0.2) is 42.5 Å². The third kappa shape index (κ3) is 7.78. The first kappa shape index (κ1) is 28.6. The molecule has 2 aromatic carbocycles. The molecule has 0 spiro atoms. The monoisotopic (exact) mass is 516 g/mol. The van der Waals surface area contributed by atoms with Gasteiger partial charge in [0, 0.05) is 18.5 Å². The predicted molar refractivity (Wildman–Crippen MR) is 144 cm³/mol. The van der Waals surface area contributed by atoms with Crippen LogP contribution in [0.3, 0.4) is 0 Å². The quantitative estimate of drug-likeness (QED) is 0.329. The van der Waals surface area contributed by atoms with Crippen LogP contribution >= 0.6 is 11.8 Å². The van der Waals surface area contributed by atoms with E-state index < -0.39 is 35.4 Å². The van der Waals surface area contributed by atoms with Crippen LogP contribution in [-0.2, 0) is 22.4 Å². The summed E-state index contributed by atoms with van der Waals surface area (Å²) in [5.74, 6) is 0.0263. The number of aliphatic hydroxyl groups is 3. The molecule has 36 heavy (non-hydrogen) atoms. The van der Waals surface area contributed by atoms with Crippen LogP contribution in [0.25, 0.3) is 0 Å². The van der Waals surface area contributed by atoms with Crippen molar-refractivity contribution in [2.24, 2.45) is 5.73 Å². The van der Waals surface area contributed by atoms with E-state index in [0.29, 0.717) is 13.0 Å². The van der Waals surface area contributed by atoms with Gasteiger partial charge in [-0.2, -0.15) is 0 Å². The molecule has 0 radical (unpaired) electrons. The zero-order valence-electron chi connectivity index (χ0n) is 21.6. The Morgan fingerprint density at radius 2 is 1.72 bits per heavy atom. The molecule has 2 aromatic rings. The Morgan fingerprint density at radius 1 is 1.06 bits per heavy atom. The van der Waals surface area contributed by atoms with Crippen molar-refractivity contribution in [1.29, 1.82) is 0 Å². The van der Waals surface area contributed by atoms with Crippen molar-refractivity contribution >= 4 is 17.7 Å². The number of benzene rings is 2. The molecule has 0 saturated carbocycles. The van der Waals surface area contributed by atoms with E-state index in [1.54, 1.807) is 6.26 Å². The highest BCUT2D eigenvalue weighted by Gasteiger charge is 2.44. The lowest BCUT2D eigenvalue weighted by molar-refractivity contribution is -0.200. The third-order valence-corrected chi connectivity index (χ3v) is 7.39. The summed E-state index contributed by atoms with van der Waals surface area (Å²) < 4.78 is 5.93. The zero-order valence-corrected chi connectivity index (χ0v) is 22.4. The molecule has 8 heteroatoms. The second-order valence-corrected chi connectivity index (χ2v) is 11.4. The van der Waals surface area contributed by atoms with Gasteiger partial charge in [-0.25, -0.2) is 0 Å². The number of nitrogens with one attached hydrogen (secondary N) is 1. The molecule has 0 bridgehead atoms. The van der Waals surface area contributed by atoms with Crippen LogP contribution < -0.4 is 11.1 Å². The van der Waals surface area contributed by atoms with Crippen molar-refractivity contribution in [2.75, 3.05) is 12.8 Å². The first-order valence-corrected chi connectivity index (χ1v) is 13.7. The normalized spacial score (nSPS) is 24.5. The van der Waals surface area contributed by atoms with E-state index in [1.807, 2.05) is 39.0 Å². The number of carbonyl (C=O) groups excluding carboxylic acids is 1. The molecular weight excluding hydrogens is 476 g/mol. The molecule has 198 valence electrons. The summed E-state index contributed by atoms with van der Waals surface area (Å²) in [4.78, 5) is 12.0. The molecule has 1 fully saturated rings. The van der Waals surface area contributed by atoms with Crippen LogP contribution in [-0.4, -0.2) is 63.3 Å². The number of carbonyl (C=O) groups is 1. The van der Waals surface area contributed by atoms with Crippen LogP contribution in [0, 0.1) is 6.92 Å². The van der Waals surface area contributed by atoms with Gasteiger partial charge in [-0.15, -0.1) is 11.8 Å². The number of thioether (sulfide) groups is 1. The molecule has 0 aliphatic carbocycles. The first-order valence-electron chi connectivity index (χ1n) is 12.4. The number of rotatable bonds is 10. The number of nitrogens with two attached hydrogens (primary N) is 1. The fourth-order valence-electron chi connectivity index (χ4n) is 4.29. The Hall–Kier alpha value is -1.94. The van der Waals surface area contributed by atoms with Gasteiger partial charge in [-0.1, -0.05) is 42.5 Å². The molecule has 1 saturated heterocycles. The summed E-state index contributed by atoms with van der Waals surface area (Å²) in [5, 5.41) is 33.9. The standard InChI is InChI=1S/C28H40N2O5S/c1-17-8-13-20(26-24(33)23(32)25(34)27(35-26)36-4)15-21(17)14-19-11-9-18(10-12-19)6-5-7-22(31)30-16-28(2,3)29/h8-13,15,23-27,32-34H,5-7,14,16,29H2,1-4H3,(H,30,31)/t23-,24-,25+,26+,27-/m1/s1. The topological polar surface area (TPSA) is 125 Å². The van der Waals surface area contributed by atoms with Gasteiger partial charge in [0.1, 0.15) is 29.9 Å². The average molecular weight is 517 g/mol. The molecule has 1 amide bonds. The molecule has 5 atom stereocenters. The molecule has 6 N–H and O–H groups in total. The second kappa shape index (κ2) is 12.5. The van der Waals surface area contributed by atoms with Crippen molar-refractivity contribution in [3.63, 3.8) is 0 Å². The molecular formula is C28H40N2O5S. The Morgan fingerprint density at radius 3 is 2.36 bits per heavy atom. The van der Waals surface area contributed by atoms with E-state index in [9.17, 15) is 20.1 Å². The number of aliphatic hydroxyl groups excluding tert-OH is 3. The summed E-state index contributed by atoms with van der Waals surface area (Å²) in [6, 6.07) is 14.3. The SMILES string of the molecule is CS[C@H]1O[C@@H](c2ccc(C)c(Cc3ccc(CCCC(=O)NCC(C)(C)N)cc3)c2)[C@H](O)[C@@H](O)[C@@H]1O. The fourth-order valence-corrected chi connectivity index (χ4v) is 4.96. The first-order chi connectivity index (χ1) is 17.0. The van der Waals surface area contributed by atoms with Crippen LogP contribution in [0.5, 0.6) is 0 Å². The second-order valence-electron chi connectivity index (χ2n) is 10.4. The summed E-state index contributed by atoms with van der Waals surface area (Å²) in [5.41, 5.74) is 10.2. The van der Waals surface area contributed by atoms with E-state index in [0.717, 1.165) is 41.5 Å². The lowest BCUT2D eigenvalue weighted by atomic mass is 9.91. The summed E-state index contributed by atoms with van der Waals surface area (Å²) >= 11 is 1.31. The minimum atomic E-state index is -1.27. The zero-order chi connectivity index (χ0) is 26.5. The lowest BCUT2D eigenvalue weighted by Crippen LogP contribution is -2.52. The molecule has 7 nitrogen and oxygen atoms in total. The van der Waals surface area contributed by atoms with E-state index in [-0.39, 0.29) is 5.91 Å². The van der Waals surface area contributed by atoms with E-state index in [1.165, 1.54) is 17.3 Å². The van der Waals surface area contributed by atoms with Crippen molar-refractivity contribution < 1.29 is 24.9 Å². The smallest absolute Gasteiger partial charge is 0.220 e.